The minimum atomic E-state index is -4.36. The molecule has 3 aromatic rings. The third-order valence-electron chi connectivity index (χ3n) is 7.59. The number of benzene rings is 2. The molecule has 4 rings (SSSR count). The number of hydrogen-bond acceptors (Lipinski definition) is 8. The van der Waals surface area contributed by atoms with E-state index in [0.717, 1.165) is 21.6 Å². The number of alkyl halides is 3. The van der Waals surface area contributed by atoms with E-state index in [1.807, 2.05) is 44.2 Å². The lowest BCUT2D eigenvalue weighted by molar-refractivity contribution is -0.190. The first kappa shape index (κ1) is 34.1. The lowest BCUT2D eigenvalue weighted by Crippen LogP contribution is -2.42. The van der Waals surface area contributed by atoms with Crippen LogP contribution in [0.5, 0.6) is 0 Å². The molecule has 45 heavy (non-hydrogen) atoms. The summed E-state index contributed by atoms with van der Waals surface area (Å²) in [5.41, 5.74) is 2.00. The Bertz CT molecular complexity index is 1520. The molecule has 0 spiro atoms. The van der Waals surface area contributed by atoms with Gasteiger partial charge in [0, 0.05) is 22.2 Å². The highest BCUT2D eigenvalue weighted by Gasteiger charge is 2.63. The molecular weight excluding hydrogens is 605 g/mol. The largest absolute Gasteiger partial charge is 0.465 e. The van der Waals surface area contributed by atoms with Gasteiger partial charge in [-0.25, -0.2) is 19.6 Å². The van der Waals surface area contributed by atoms with Crippen LogP contribution in [0.15, 0.2) is 53.4 Å². The van der Waals surface area contributed by atoms with Gasteiger partial charge < -0.3 is 14.8 Å². The number of ether oxygens (including phenoxy) is 2. The van der Waals surface area contributed by atoms with Gasteiger partial charge >= 0.3 is 18.2 Å². The first-order valence-corrected chi connectivity index (χ1v) is 15.5. The van der Waals surface area contributed by atoms with Crippen molar-refractivity contribution in [2.24, 2.45) is 5.41 Å². The zero-order valence-corrected chi connectivity index (χ0v) is 27.1. The Morgan fingerprint density at radius 3 is 2.29 bits per heavy atom. The average molecular weight is 645 g/mol. The molecule has 242 valence electrons. The molecule has 1 unspecified atom stereocenters. The molecule has 0 bridgehead atoms. The lowest BCUT2D eigenvalue weighted by atomic mass is 9.92. The van der Waals surface area contributed by atoms with Crippen LogP contribution >= 0.6 is 11.9 Å². The van der Waals surface area contributed by atoms with Crippen LogP contribution in [0.3, 0.4) is 0 Å². The molecule has 1 atom stereocenters. The molecule has 1 fully saturated rings. The number of rotatable bonds is 11. The van der Waals surface area contributed by atoms with Crippen LogP contribution in [0.2, 0.25) is 0 Å². The van der Waals surface area contributed by atoms with Gasteiger partial charge in [-0.2, -0.15) is 13.2 Å². The van der Waals surface area contributed by atoms with E-state index in [2.05, 4.69) is 15.0 Å². The number of methoxy groups -OCH3 is 1. The number of aromatic nitrogens is 2. The second-order valence-electron chi connectivity index (χ2n) is 12.4. The van der Waals surface area contributed by atoms with Crippen LogP contribution in [-0.2, 0) is 15.9 Å². The van der Waals surface area contributed by atoms with E-state index in [4.69, 9.17) is 14.5 Å². The van der Waals surface area contributed by atoms with Gasteiger partial charge in [-0.15, -0.1) is 0 Å². The summed E-state index contributed by atoms with van der Waals surface area (Å²) in [6.45, 7) is 9.07. The van der Waals surface area contributed by atoms with Crippen molar-refractivity contribution in [3.63, 3.8) is 0 Å². The number of carbonyl (C=O) groups is 2. The second kappa shape index (κ2) is 13.7. The molecular formula is C33H39F3N4O4S. The maximum atomic E-state index is 13.9. The Morgan fingerprint density at radius 1 is 1.02 bits per heavy atom. The number of esters is 1. The average Bonchev–Trinajstić information content (AvgIpc) is 3.74. The van der Waals surface area contributed by atoms with Gasteiger partial charge in [-0.3, -0.25) is 4.72 Å². The summed E-state index contributed by atoms with van der Waals surface area (Å²) in [5, 5.41) is 2.69. The number of hydrogen-bond donors (Lipinski definition) is 2. The van der Waals surface area contributed by atoms with Crippen molar-refractivity contribution in [1.29, 1.82) is 0 Å². The van der Waals surface area contributed by atoms with Crippen molar-refractivity contribution >= 4 is 30.0 Å². The highest BCUT2D eigenvalue weighted by Crippen LogP contribution is 2.60. The first-order chi connectivity index (χ1) is 21.1. The summed E-state index contributed by atoms with van der Waals surface area (Å²) in [6.07, 6.45) is -4.77. The minimum absolute atomic E-state index is 0.0374. The molecule has 0 radical (unpaired) electrons. The van der Waals surface area contributed by atoms with Crippen LogP contribution in [-0.4, -0.2) is 47.0 Å². The SMILES string of the molecule is COC(=O)c1cccc(SNc2nc(CCC(CC3(C(F)(F)F)CC3)NC(=O)OC(C)(C)C)cc(-c3c(C)cccc3C)n2)c1. The second-order valence-corrected chi connectivity index (χ2v) is 13.3. The summed E-state index contributed by atoms with van der Waals surface area (Å²) >= 11 is 1.21. The molecule has 1 saturated carbocycles. The molecule has 1 heterocycles. The number of amides is 1. The predicted molar refractivity (Wildman–Crippen MR) is 168 cm³/mol. The van der Waals surface area contributed by atoms with E-state index >= 15 is 0 Å². The monoisotopic (exact) mass is 644 g/mol. The van der Waals surface area contributed by atoms with Crippen LogP contribution in [0.4, 0.5) is 23.9 Å². The van der Waals surface area contributed by atoms with Gasteiger partial charge in [0.25, 0.3) is 0 Å². The fraction of sp³-hybridized carbons (Fsp3) is 0.455. The van der Waals surface area contributed by atoms with Crippen LogP contribution in [0, 0.1) is 19.3 Å². The number of nitrogens with zero attached hydrogens (tertiary/aromatic N) is 2. The number of carbonyl (C=O) groups excluding carboxylic acids is 2. The van der Waals surface area contributed by atoms with E-state index in [1.165, 1.54) is 19.1 Å². The zero-order valence-electron chi connectivity index (χ0n) is 26.3. The molecule has 1 aliphatic carbocycles. The van der Waals surface area contributed by atoms with Crippen molar-refractivity contribution in [2.75, 3.05) is 11.8 Å². The van der Waals surface area contributed by atoms with Crippen molar-refractivity contribution in [3.05, 3.63) is 70.9 Å². The molecule has 2 N–H and O–H groups in total. The summed E-state index contributed by atoms with van der Waals surface area (Å²) in [5.74, 6) is -0.162. The summed E-state index contributed by atoms with van der Waals surface area (Å²) in [4.78, 5) is 34.8. The van der Waals surface area contributed by atoms with Gasteiger partial charge in [0.2, 0.25) is 5.95 Å². The number of aryl methyl sites for hydroxylation is 3. The van der Waals surface area contributed by atoms with Gasteiger partial charge in [0.1, 0.15) is 5.60 Å². The predicted octanol–water partition coefficient (Wildman–Crippen LogP) is 8.22. The molecule has 0 saturated heterocycles. The third kappa shape index (κ3) is 9.12. The fourth-order valence-corrected chi connectivity index (χ4v) is 5.81. The molecule has 1 aromatic heterocycles. The number of halogens is 3. The Kier molecular flexibility index (Phi) is 10.4. The smallest absolute Gasteiger partial charge is 0.407 e. The molecule has 1 amide bonds. The number of anilines is 1. The van der Waals surface area contributed by atoms with Crippen LogP contribution < -0.4 is 10.0 Å². The molecule has 0 aliphatic heterocycles. The fourth-order valence-electron chi connectivity index (χ4n) is 5.17. The Labute approximate surface area is 266 Å². The van der Waals surface area contributed by atoms with E-state index in [9.17, 15) is 22.8 Å². The third-order valence-corrected chi connectivity index (χ3v) is 8.37. The first-order valence-electron chi connectivity index (χ1n) is 14.7. The Morgan fingerprint density at radius 2 is 1.69 bits per heavy atom. The molecule has 8 nitrogen and oxygen atoms in total. The van der Waals surface area contributed by atoms with Crippen LogP contribution in [0.25, 0.3) is 11.3 Å². The van der Waals surface area contributed by atoms with Gasteiger partial charge in [0.05, 0.1) is 23.8 Å². The topological polar surface area (TPSA) is 102 Å². The highest BCUT2D eigenvalue weighted by atomic mass is 32.2. The van der Waals surface area contributed by atoms with Gasteiger partial charge in [-0.05, 0) is 114 Å². The molecule has 2 aromatic carbocycles. The Balaban J connectivity index is 1.61. The Hall–Kier alpha value is -3.80. The van der Waals surface area contributed by atoms with E-state index in [0.29, 0.717) is 22.9 Å². The van der Waals surface area contributed by atoms with Gasteiger partial charge in [-0.1, -0.05) is 24.3 Å². The zero-order chi connectivity index (χ0) is 33.0. The van der Waals surface area contributed by atoms with Gasteiger partial charge in [0.15, 0.2) is 0 Å². The molecule has 12 heteroatoms. The summed E-state index contributed by atoms with van der Waals surface area (Å²) in [6, 6.07) is 13.9. The number of alkyl carbamates (subject to hydrolysis) is 1. The summed E-state index contributed by atoms with van der Waals surface area (Å²) in [7, 11) is 1.32. The quantitative estimate of drug-likeness (QED) is 0.159. The molecule has 1 aliphatic rings. The summed E-state index contributed by atoms with van der Waals surface area (Å²) < 4.78 is 55.1. The van der Waals surface area contributed by atoms with Crippen molar-refractivity contribution < 1.29 is 32.2 Å². The minimum Gasteiger partial charge on any atom is -0.465 e. The lowest BCUT2D eigenvalue weighted by Gasteiger charge is -2.28. The van der Waals surface area contributed by atoms with E-state index in [1.54, 1.807) is 39.0 Å². The van der Waals surface area contributed by atoms with E-state index < -0.39 is 35.3 Å². The maximum absolute atomic E-state index is 13.9. The van der Waals surface area contributed by atoms with E-state index in [-0.39, 0.29) is 32.1 Å². The van der Waals surface area contributed by atoms with Crippen molar-refractivity contribution in [2.45, 2.75) is 89.4 Å². The van der Waals surface area contributed by atoms with Crippen LogP contribution in [0.1, 0.15) is 73.6 Å². The van der Waals surface area contributed by atoms with Crippen molar-refractivity contribution in [3.8, 4) is 11.3 Å². The highest BCUT2D eigenvalue weighted by molar-refractivity contribution is 8.00. The van der Waals surface area contributed by atoms with Crippen molar-refractivity contribution in [1.82, 2.24) is 15.3 Å². The maximum Gasteiger partial charge on any atom is 0.407 e. The standard InChI is InChI=1S/C33H39F3N4O4S/c1-20-9-7-10-21(2)27(20)26-18-23(37-29(39-26)40-45-25-12-8-11-22(17-25)28(41)43-6)13-14-24(38-30(42)44-31(3,4)5)19-32(15-16-32)33(34,35)36/h7-12,17-18,24H,13-16,19H2,1-6H3,(H,38,42)(H,37,39,40). The number of nitrogens with one attached hydrogen (secondary N) is 2. The normalized spacial score (nSPS) is 14.8.